The van der Waals surface area contributed by atoms with E-state index < -0.39 is 0 Å². The Morgan fingerprint density at radius 1 is 1.52 bits per heavy atom. The molecule has 0 fully saturated rings. The van der Waals surface area contributed by atoms with Crippen LogP contribution in [0.1, 0.15) is 6.92 Å². The molecule has 1 heterocycles. The normalized spacial score (nSPS) is 10.4. The smallest absolute Gasteiger partial charge is 0.321 e. The minimum atomic E-state index is -0.269. The minimum Gasteiger partial charge on any atom is -0.395 e. The summed E-state index contributed by atoms with van der Waals surface area (Å²) in [6.07, 6.45) is 3.46. The summed E-state index contributed by atoms with van der Waals surface area (Å²) < 4.78 is 1.65. The molecule has 6 nitrogen and oxygen atoms in total. The second kappa shape index (κ2) is 7.10. The van der Waals surface area contributed by atoms with E-state index in [1.807, 2.05) is 6.92 Å². The summed E-state index contributed by atoms with van der Waals surface area (Å²) in [7, 11) is 0. The van der Waals surface area contributed by atoms with Crippen LogP contribution in [0.3, 0.4) is 0 Å². The second-order valence-electron chi connectivity index (χ2n) is 4.35. The number of amides is 2. The molecule has 1 aromatic heterocycles. The van der Waals surface area contributed by atoms with Crippen LogP contribution >= 0.6 is 11.6 Å². The van der Waals surface area contributed by atoms with Gasteiger partial charge in [0.05, 0.1) is 17.3 Å². The fraction of sp³-hybridized carbons (Fsp3) is 0.286. The number of benzene rings is 1. The molecule has 2 rings (SSSR count). The van der Waals surface area contributed by atoms with Gasteiger partial charge in [-0.2, -0.15) is 5.10 Å². The predicted octanol–water partition coefficient (Wildman–Crippen LogP) is 2.37. The zero-order valence-electron chi connectivity index (χ0n) is 11.7. The van der Waals surface area contributed by atoms with Gasteiger partial charge in [-0.05, 0) is 31.2 Å². The van der Waals surface area contributed by atoms with Crippen molar-refractivity contribution in [3.05, 3.63) is 41.7 Å². The molecular formula is C14H17ClN4O2. The first-order valence-electron chi connectivity index (χ1n) is 6.62. The fourth-order valence-electron chi connectivity index (χ4n) is 1.91. The van der Waals surface area contributed by atoms with Crippen LogP contribution < -0.4 is 5.32 Å². The molecule has 0 aliphatic heterocycles. The number of likely N-dealkylation sites (N-methyl/N-ethyl adjacent to an activating group) is 1. The van der Waals surface area contributed by atoms with Gasteiger partial charge in [0, 0.05) is 31.2 Å². The molecule has 0 saturated carbocycles. The van der Waals surface area contributed by atoms with E-state index in [1.165, 1.54) is 4.90 Å². The monoisotopic (exact) mass is 308 g/mol. The third-order valence-electron chi connectivity index (χ3n) is 2.99. The van der Waals surface area contributed by atoms with E-state index in [-0.39, 0.29) is 12.6 Å². The zero-order valence-corrected chi connectivity index (χ0v) is 12.4. The summed E-state index contributed by atoms with van der Waals surface area (Å²) in [6, 6.07) is 6.75. The highest BCUT2D eigenvalue weighted by Crippen LogP contribution is 2.24. The van der Waals surface area contributed by atoms with E-state index >= 15 is 0 Å². The average Bonchev–Trinajstić information content (AvgIpc) is 2.98. The molecular weight excluding hydrogens is 292 g/mol. The third kappa shape index (κ3) is 3.74. The van der Waals surface area contributed by atoms with Gasteiger partial charge in [-0.1, -0.05) is 11.6 Å². The lowest BCUT2D eigenvalue weighted by molar-refractivity contribution is 0.192. The number of aliphatic hydroxyl groups is 1. The third-order valence-corrected chi connectivity index (χ3v) is 3.29. The zero-order chi connectivity index (χ0) is 15.2. The molecule has 0 radical (unpaired) electrons. The van der Waals surface area contributed by atoms with Crippen molar-refractivity contribution in [2.45, 2.75) is 6.92 Å². The first-order valence-corrected chi connectivity index (χ1v) is 7.00. The van der Waals surface area contributed by atoms with Crippen molar-refractivity contribution in [3.63, 3.8) is 0 Å². The summed E-state index contributed by atoms with van der Waals surface area (Å²) >= 11 is 6.21. The standard InChI is InChI=1S/C14H17ClN4O2/c1-2-18(8-9-20)14(21)17-11-4-5-13(12(15)10-11)19-7-3-6-16-19/h3-7,10,20H,2,8-9H2,1H3,(H,17,21). The van der Waals surface area contributed by atoms with E-state index in [1.54, 1.807) is 41.3 Å². The van der Waals surface area contributed by atoms with Gasteiger partial charge in [-0.25, -0.2) is 9.48 Å². The predicted molar refractivity (Wildman–Crippen MR) is 81.9 cm³/mol. The molecule has 0 unspecified atom stereocenters. The van der Waals surface area contributed by atoms with E-state index in [0.717, 1.165) is 5.69 Å². The van der Waals surface area contributed by atoms with Crippen LogP contribution in [-0.2, 0) is 0 Å². The van der Waals surface area contributed by atoms with Crippen LogP contribution in [0, 0.1) is 0 Å². The maximum absolute atomic E-state index is 12.0. The molecule has 0 saturated heterocycles. The molecule has 21 heavy (non-hydrogen) atoms. The Morgan fingerprint density at radius 2 is 2.33 bits per heavy atom. The van der Waals surface area contributed by atoms with E-state index in [4.69, 9.17) is 16.7 Å². The maximum atomic E-state index is 12.0. The lowest BCUT2D eigenvalue weighted by atomic mass is 10.3. The Labute approximate surface area is 127 Å². The van der Waals surface area contributed by atoms with Gasteiger partial charge in [-0.15, -0.1) is 0 Å². The number of aromatic nitrogens is 2. The van der Waals surface area contributed by atoms with Crippen molar-refractivity contribution in [3.8, 4) is 5.69 Å². The Morgan fingerprint density at radius 3 is 2.90 bits per heavy atom. The SMILES string of the molecule is CCN(CCO)C(=O)Nc1ccc(-n2cccn2)c(Cl)c1. The summed E-state index contributed by atoms with van der Waals surface area (Å²) in [5.74, 6) is 0. The first kappa shape index (κ1) is 15.3. The van der Waals surface area contributed by atoms with Crippen molar-refractivity contribution < 1.29 is 9.90 Å². The Hall–Kier alpha value is -2.05. The van der Waals surface area contributed by atoms with E-state index in [2.05, 4.69) is 10.4 Å². The van der Waals surface area contributed by atoms with Crippen LogP contribution in [0.5, 0.6) is 0 Å². The Balaban J connectivity index is 2.12. The largest absolute Gasteiger partial charge is 0.395 e. The molecule has 0 atom stereocenters. The maximum Gasteiger partial charge on any atom is 0.321 e. The molecule has 1 aromatic carbocycles. The van der Waals surface area contributed by atoms with Gasteiger partial charge in [0.1, 0.15) is 0 Å². The number of rotatable bonds is 5. The second-order valence-corrected chi connectivity index (χ2v) is 4.76. The highest BCUT2D eigenvalue weighted by molar-refractivity contribution is 6.32. The number of hydrogen-bond donors (Lipinski definition) is 2. The van der Waals surface area contributed by atoms with Crippen molar-refractivity contribution in [1.29, 1.82) is 0 Å². The Kier molecular flexibility index (Phi) is 5.19. The lowest BCUT2D eigenvalue weighted by Crippen LogP contribution is -2.36. The summed E-state index contributed by atoms with van der Waals surface area (Å²) in [6.45, 7) is 2.59. The number of carbonyl (C=O) groups is 1. The highest BCUT2D eigenvalue weighted by atomic mass is 35.5. The number of nitrogens with zero attached hydrogens (tertiary/aromatic N) is 3. The van der Waals surface area contributed by atoms with Crippen molar-refractivity contribution in [1.82, 2.24) is 14.7 Å². The van der Waals surface area contributed by atoms with Crippen LogP contribution in [0.4, 0.5) is 10.5 Å². The fourth-order valence-corrected chi connectivity index (χ4v) is 2.18. The molecule has 2 amide bonds. The Bertz CT molecular complexity index is 601. The number of hydrogen-bond acceptors (Lipinski definition) is 3. The average molecular weight is 309 g/mol. The first-order chi connectivity index (χ1) is 10.2. The minimum absolute atomic E-state index is 0.0692. The lowest BCUT2D eigenvalue weighted by Gasteiger charge is -2.20. The summed E-state index contributed by atoms with van der Waals surface area (Å²) in [5.41, 5.74) is 1.33. The van der Waals surface area contributed by atoms with Crippen LogP contribution in [-0.4, -0.2) is 45.5 Å². The van der Waals surface area contributed by atoms with Crippen LogP contribution in [0.15, 0.2) is 36.7 Å². The van der Waals surface area contributed by atoms with Crippen molar-refractivity contribution >= 4 is 23.3 Å². The van der Waals surface area contributed by atoms with Gasteiger partial charge in [0.15, 0.2) is 0 Å². The summed E-state index contributed by atoms with van der Waals surface area (Å²) in [5, 5.41) is 16.3. The quantitative estimate of drug-likeness (QED) is 0.891. The number of carbonyl (C=O) groups excluding carboxylic acids is 1. The van der Waals surface area contributed by atoms with Gasteiger partial charge in [-0.3, -0.25) is 0 Å². The van der Waals surface area contributed by atoms with Gasteiger partial charge < -0.3 is 15.3 Å². The van der Waals surface area contributed by atoms with Crippen LogP contribution in [0.2, 0.25) is 5.02 Å². The van der Waals surface area contributed by atoms with Crippen molar-refractivity contribution in [2.75, 3.05) is 25.0 Å². The van der Waals surface area contributed by atoms with Gasteiger partial charge >= 0.3 is 6.03 Å². The van der Waals surface area contributed by atoms with E-state index in [0.29, 0.717) is 23.8 Å². The molecule has 7 heteroatoms. The van der Waals surface area contributed by atoms with Gasteiger partial charge in [0.2, 0.25) is 0 Å². The molecule has 0 bridgehead atoms. The van der Waals surface area contributed by atoms with Crippen molar-refractivity contribution in [2.24, 2.45) is 0 Å². The molecule has 0 spiro atoms. The topological polar surface area (TPSA) is 70.4 Å². The van der Waals surface area contributed by atoms with E-state index in [9.17, 15) is 4.79 Å². The summed E-state index contributed by atoms with van der Waals surface area (Å²) in [4.78, 5) is 13.5. The molecule has 0 aliphatic carbocycles. The molecule has 2 aromatic rings. The molecule has 0 aliphatic rings. The van der Waals surface area contributed by atoms with Crippen LogP contribution in [0.25, 0.3) is 5.69 Å². The molecule has 112 valence electrons. The number of halogens is 1. The van der Waals surface area contributed by atoms with Gasteiger partial charge in [0.25, 0.3) is 0 Å². The number of nitrogens with one attached hydrogen (secondary N) is 1. The number of aliphatic hydroxyl groups excluding tert-OH is 1. The highest BCUT2D eigenvalue weighted by Gasteiger charge is 2.12. The number of anilines is 1. The molecule has 2 N–H and O–H groups in total. The number of urea groups is 1.